The Labute approximate surface area is 119 Å². The van der Waals surface area contributed by atoms with E-state index in [-0.39, 0.29) is 5.91 Å². The number of hydrogen-bond donors (Lipinski definition) is 2. The first-order valence-corrected chi connectivity index (χ1v) is 7.56. The van der Waals surface area contributed by atoms with Crippen LogP contribution >= 0.6 is 0 Å². The smallest absolute Gasteiger partial charge is 0.251 e. The Balaban J connectivity index is 1.48. The molecule has 0 bridgehead atoms. The van der Waals surface area contributed by atoms with E-state index in [0.717, 1.165) is 38.3 Å². The van der Waals surface area contributed by atoms with Gasteiger partial charge in [-0.3, -0.25) is 4.79 Å². The van der Waals surface area contributed by atoms with E-state index in [1.54, 1.807) is 0 Å². The van der Waals surface area contributed by atoms with Gasteiger partial charge in [0.2, 0.25) is 0 Å². The van der Waals surface area contributed by atoms with E-state index in [4.69, 9.17) is 4.74 Å². The van der Waals surface area contributed by atoms with Crippen LogP contribution in [0.3, 0.4) is 0 Å². The van der Waals surface area contributed by atoms with Crippen molar-refractivity contribution >= 4 is 5.91 Å². The summed E-state index contributed by atoms with van der Waals surface area (Å²) in [5, 5.41) is 6.34. The highest BCUT2D eigenvalue weighted by atomic mass is 16.5. The van der Waals surface area contributed by atoms with Crippen LogP contribution in [0.15, 0.2) is 24.3 Å². The molecule has 0 unspecified atom stereocenters. The number of nitrogens with one attached hydrogen (secondary N) is 2. The van der Waals surface area contributed by atoms with Crippen molar-refractivity contribution in [3.8, 4) is 5.75 Å². The average Bonchev–Trinajstić information content (AvgIpc) is 3.31. The van der Waals surface area contributed by atoms with Crippen LogP contribution in [-0.2, 0) is 0 Å². The number of ether oxygens (including phenoxy) is 1. The zero-order valence-electron chi connectivity index (χ0n) is 11.7. The van der Waals surface area contributed by atoms with Crippen LogP contribution in [0.5, 0.6) is 5.75 Å². The van der Waals surface area contributed by atoms with Crippen molar-refractivity contribution < 1.29 is 9.53 Å². The summed E-state index contributed by atoms with van der Waals surface area (Å²) < 4.78 is 5.81. The monoisotopic (exact) mass is 274 g/mol. The second kappa shape index (κ2) is 6.27. The summed E-state index contributed by atoms with van der Waals surface area (Å²) in [6.45, 7) is 2.96. The number of carbonyl (C=O) groups excluding carboxylic acids is 1. The topological polar surface area (TPSA) is 50.4 Å². The lowest BCUT2D eigenvalue weighted by atomic mass is 9.99. The first-order chi connectivity index (χ1) is 9.81. The van der Waals surface area contributed by atoms with E-state index < -0.39 is 0 Å². The van der Waals surface area contributed by atoms with Crippen molar-refractivity contribution in [2.45, 2.75) is 31.7 Å². The minimum absolute atomic E-state index is 0.0254. The minimum atomic E-state index is 0.0254. The van der Waals surface area contributed by atoms with Crippen LogP contribution in [0.25, 0.3) is 0 Å². The van der Waals surface area contributed by atoms with Crippen LogP contribution in [0, 0.1) is 5.92 Å². The number of amides is 1. The second-order valence-electron chi connectivity index (χ2n) is 5.78. The zero-order valence-corrected chi connectivity index (χ0v) is 11.7. The Morgan fingerprint density at radius 1 is 1.15 bits per heavy atom. The normalized spacial score (nSPS) is 19.6. The van der Waals surface area contributed by atoms with Gasteiger partial charge in [-0.25, -0.2) is 0 Å². The Hall–Kier alpha value is -1.55. The molecule has 3 rings (SSSR count). The maximum atomic E-state index is 11.9. The summed E-state index contributed by atoms with van der Waals surface area (Å²) >= 11 is 0. The molecule has 108 valence electrons. The summed E-state index contributed by atoms with van der Waals surface area (Å²) in [7, 11) is 0. The van der Waals surface area contributed by atoms with Crippen molar-refractivity contribution in [2.75, 3.05) is 19.7 Å². The molecule has 0 radical (unpaired) electrons. The molecule has 0 atom stereocenters. The Bertz CT molecular complexity index is 448. The highest BCUT2D eigenvalue weighted by molar-refractivity contribution is 5.94. The highest BCUT2D eigenvalue weighted by Gasteiger charge is 2.23. The van der Waals surface area contributed by atoms with E-state index >= 15 is 0 Å². The van der Waals surface area contributed by atoms with Crippen LogP contribution in [0.2, 0.25) is 0 Å². The number of piperidine rings is 1. The molecule has 1 saturated carbocycles. The molecular formula is C16H22N2O2. The molecule has 0 aromatic heterocycles. The third-order valence-corrected chi connectivity index (χ3v) is 3.97. The molecule has 1 aliphatic carbocycles. The quantitative estimate of drug-likeness (QED) is 0.863. The van der Waals surface area contributed by atoms with Crippen LogP contribution in [-0.4, -0.2) is 31.6 Å². The van der Waals surface area contributed by atoms with Gasteiger partial charge in [-0.2, -0.15) is 0 Å². The average molecular weight is 274 g/mol. The number of hydrogen-bond acceptors (Lipinski definition) is 3. The molecule has 2 aliphatic rings. The molecule has 1 heterocycles. The van der Waals surface area contributed by atoms with Gasteiger partial charge in [-0.1, -0.05) is 0 Å². The molecule has 1 saturated heterocycles. The van der Waals surface area contributed by atoms with Crippen molar-refractivity contribution in [2.24, 2.45) is 5.92 Å². The van der Waals surface area contributed by atoms with E-state index in [0.29, 0.717) is 17.5 Å². The van der Waals surface area contributed by atoms with Gasteiger partial charge in [0.1, 0.15) is 5.75 Å². The largest absolute Gasteiger partial charge is 0.493 e. The fraction of sp³-hybridized carbons (Fsp3) is 0.562. The lowest BCUT2D eigenvalue weighted by Crippen LogP contribution is -2.30. The number of rotatable bonds is 5. The first kappa shape index (κ1) is 13.4. The summed E-state index contributed by atoms with van der Waals surface area (Å²) in [5.74, 6) is 1.53. The maximum absolute atomic E-state index is 11.9. The summed E-state index contributed by atoms with van der Waals surface area (Å²) in [4.78, 5) is 11.9. The molecule has 1 aromatic rings. The van der Waals surface area contributed by atoms with Crippen LogP contribution in [0.1, 0.15) is 36.0 Å². The van der Waals surface area contributed by atoms with E-state index in [2.05, 4.69) is 10.6 Å². The van der Waals surface area contributed by atoms with E-state index in [1.807, 2.05) is 24.3 Å². The van der Waals surface area contributed by atoms with Crippen molar-refractivity contribution in [1.29, 1.82) is 0 Å². The lowest BCUT2D eigenvalue weighted by molar-refractivity contribution is 0.0951. The zero-order chi connectivity index (χ0) is 13.8. The summed E-state index contributed by atoms with van der Waals surface area (Å²) in [5.41, 5.74) is 0.714. The molecule has 20 heavy (non-hydrogen) atoms. The SMILES string of the molecule is O=C(NC1CC1)c1ccc(OCC2CCNCC2)cc1. The molecule has 1 amide bonds. The molecule has 2 N–H and O–H groups in total. The molecule has 1 aliphatic heterocycles. The van der Waals surface area contributed by atoms with E-state index in [1.165, 1.54) is 12.8 Å². The lowest BCUT2D eigenvalue weighted by Gasteiger charge is -2.22. The molecule has 4 heteroatoms. The van der Waals surface area contributed by atoms with Crippen molar-refractivity contribution in [1.82, 2.24) is 10.6 Å². The van der Waals surface area contributed by atoms with Gasteiger partial charge >= 0.3 is 0 Å². The van der Waals surface area contributed by atoms with Gasteiger partial charge < -0.3 is 15.4 Å². The number of carbonyl (C=O) groups is 1. The summed E-state index contributed by atoms with van der Waals surface area (Å²) in [6.07, 6.45) is 4.59. The summed E-state index contributed by atoms with van der Waals surface area (Å²) in [6, 6.07) is 7.87. The molecular weight excluding hydrogens is 252 g/mol. The maximum Gasteiger partial charge on any atom is 0.251 e. The predicted octanol–water partition coefficient (Wildman–Crippen LogP) is 1.96. The minimum Gasteiger partial charge on any atom is -0.493 e. The van der Waals surface area contributed by atoms with Gasteiger partial charge in [0.25, 0.3) is 5.91 Å². The molecule has 2 fully saturated rings. The standard InChI is InChI=1S/C16H22N2O2/c19-16(18-14-3-4-14)13-1-5-15(6-2-13)20-11-12-7-9-17-10-8-12/h1-2,5-6,12,14,17H,3-4,7-11H2,(H,18,19). The number of benzene rings is 1. The van der Waals surface area contributed by atoms with E-state index in [9.17, 15) is 4.79 Å². The fourth-order valence-corrected chi connectivity index (χ4v) is 2.46. The van der Waals surface area contributed by atoms with Crippen molar-refractivity contribution in [3.63, 3.8) is 0 Å². The van der Waals surface area contributed by atoms with Crippen LogP contribution < -0.4 is 15.4 Å². The Kier molecular flexibility index (Phi) is 4.21. The van der Waals surface area contributed by atoms with Gasteiger partial charge in [0.05, 0.1) is 6.61 Å². The van der Waals surface area contributed by atoms with Gasteiger partial charge in [-0.05, 0) is 69.0 Å². The Morgan fingerprint density at radius 2 is 1.85 bits per heavy atom. The first-order valence-electron chi connectivity index (χ1n) is 7.56. The molecule has 4 nitrogen and oxygen atoms in total. The van der Waals surface area contributed by atoms with Crippen molar-refractivity contribution in [3.05, 3.63) is 29.8 Å². The van der Waals surface area contributed by atoms with Gasteiger partial charge in [-0.15, -0.1) is 0 Å². The van der Waals surface area contributed by atoms with Gasteiger partial charge in [0, 0.05) is 11.6 Å². The van der Waals surface area contributed by atoms with Crippen LogP contribution in [0.4, 0.5) is 0 Å². The molecule has 0 spiro atoms. The highest BCUT2D eigenvalue weighted by Crippen LogP contribution is 2.20. The molecule has 1 aromatic carbocycles. The third kappa shape index (κ3) is 3.73. The van der Waals surface area contributed by atoms with Gasteiger partial charge in [0.15, 0.2) is 0 Å². The predicted molar refractivity (Wildman–Crippen MR) is 78.0 cm³/mol. The Morgan fingerprint density at radius 3 is 2.50 bits per heavy atom. The third-order valence-electron chi connectivity index (χ3n) is 3.97. The second-order valence-corrected chi connectivity index (χ2v) is 5.78. The fourth-order valence-electron chi connectivity index (χ4n) is 2.46.